The first-order valence-corrected chi connectivity index (χ1v) is 6.74. The lowest BCUT2D eigenvalue weighted by molar-refractivity contribution is -0.136. The standard InChI is InChI=1S/C15H19NO2/c17-15(18)8-11-1-3-12(4-2-11)9-16-10-13-5-6-14(16)7-13/h1-4,13-14H,5-10H2,(H,17,18). The molecule has 18 heavy (non-hydrogen) atoms. The summed E-state index contributed by atoms with van der Waals surface area (Å²) in [6, 6.07) is 8.83. The van der Waals surface area contributed by atoms with E-state index in [1.54, 1.807) is 0 Å². The van der Waals surface area contributed by atoms with Gasteiger partial charge in [-0.05, 0) is 36.3 Å². The second-order valence-corrected chi connectivity index (χ2v) is 5.65. The van der Waals surface area contributed by atoms with Gasteiger partial charge in [-0.25, -0.2) is 0 Å². The van der Waals surface area contributed by atoms with Crippen LogP contribution in [-0.2, 0) is 17.8 Å². The van der Waals surface area contributed by atoms with Crippen LogP contribution in [0.15, 0.2) is 24.3 Å². The Kier molecular flexibility index (Phi) is 3.08. The van der Waals surface area contributed by atoms with Gasteiger partial charge in [0.05, 0.1) is 6.42 Å². The number of carbonyl (C=O) groups is 1. The molecule has 0 radical (unpaired) electrons. The summed E-state index contributed by atoms with van der Waals surface area (Å²) in [5.41, 5.74) is 2.19. The molecule has 1 aliphatic carbocycles. The van der Waals surface area contributed by atoms with Gasteiger partial charge in [-0.3, -0.25) is 9.69 Å². The van der Waals surface area contributed by atoms with E-state index < -0.39 is 5.97 Å². The minimum absolute atomic E-state index is 0.120. The molecule has 3 rings (SSSR count). The predicted octanol–water partition coefficient (Wildman–Crippen LogP) is 2.30. The number of fused-ring (bicyclic) bond motifs is 2. The minimum Gasteiger partial charge on any atom is -0.481 e. The number of carboxylic acid groups (broad SMARTS) is 1. The summed E-state index contributed by atoms with van der Waals surface area (Å²) in [4.78, 5) is 13.2. The fourth-order valence-electron chi connectivity index (χ4n) is 3.39. The Labute approximate surface area is 107 Å². The molecular weight excluding hydrogens is 226 g/mol. The number of carboxylic acids is 1. The highest BCUT2D eigenvalue weighted by molar-refractivity contribution is 5.70. The minimum atomic E-state index is -0.764. The Hall–Kier alpha value is -1.35. The summed E-state index contributed by atoms with van der Waals surface area (Å²) < 4.78 is 0. The molecule has 3 heteroatoms. The molecule has 1 aromatic carbocycles. The van der Waals surface area contributed by atoms with Crippen molar-refractivity contribution in [3.05, 3.63) is 35.4 Å². The van der Waals surface area contributed by atoms with Crippen LogP contribution < -0.4 is 0 Å². The normalized spacial score (nSPS) is 26.7. The van der Waals surface area contributed by atoms with Crippen LogP contribution in [0.1, 0.15) is 30.4 Å². The molecule has 1 saturated carbocycles. The second-order valence-electron chi connectivity index (χ2n) is 5.65. The van der Waals surface area contributed by atoms with Gasteiger partial charge in [0.2, 0.25) is 0 Å². The highest BCUT2D eigenvalue weighted by Gasteiger charge is 2.37. The molecule has 0 amide bonds. The predicted molar refractivity (Wildman–Crippen MR) is 69.3 cm³/mol. The van der Waals surface area contributed by atoms with E-state index in [0.717, 1.165) is 24.1 Å². The number of piperidine rings is 1. The van der Waals surface area contributed by atoms with E-state index in [4.69, 9.17) is 5.11 Å². The molecule has 2 atom stereocenters. The molecule has 1 saturated heterocycles. The Morgan fingerprint density at radius 3 is 2.50 bits per heavy atom. The molecule has 1 aromatic rings. The zero-order valence-corrected chi connectivity index (χ0v) is 10.5. The molecule has 2 fully saturated rings. The van der Waals surface area contributed by atoms with Crippen molar-refractivity contribution in [2.24, 2.45) is 5.92 Å². The van der Waals surface area contributed by atoms with Crippen LogP contribution >= 0.6 is 0 Å². The van der Waals surface area contributed by atoms with E-state index in [2.05, 4.69) is 17.0 Å². The van der Waals surface area contributed by atoms with Crippen LogP contribution in [-0.4, -0.2) is 28.6 Å². The van der Waals surface area contributed by atoms with Crippen molar-refractivity contribution in [3.8, 4) is 0 Å². The lowest BCUT2D eigenvalue weighted by Crippen LogP contribution is -2.31. The van der Waals surface area contributed by atoms with Gasteiger partial charge in [0.15, 0.2) is 0 Å². The van der Waals surface area contributed by atoms with E-state index in [9.17, 15) is 4.79 Å². The summed E-state index contributed by atoms with van der Waals surface area (Å²) in [7, 11) is 0. The smallest absolute Gasteiger partial charge is 0.307 e. The van der Waals surface area contributed by atoms with Gasteiger partial charge in [0.25, 0.3) is 0 Å². The fourth-order valence-corrected chi connectivity index (χ4v) is 3.39. The fraction of sp³-hybridized carbons (Fsp3) is 0.533. The summed E-state index contributed by atoms with van der Waals surface area (Å²) in [5, 5.41) is 8.73. The maximum Gasteiger partial charge on any atom is 0.307 e. The molecule has 2 bridgehead atoms. The number of hydrogen-bond donors (Lipinski definition) is 1. The number of likely N-dealkylation sites (tertiary alicyclic amines) is 1. The largest absolute Gasteiger partial charge is 0.481 e. The van der Waals surface area contributed by atoms with Crippen LogP contribution in [0.3, 0.4) is 0 Å². The van der Waals surface area contributed by atoms with Gasteiger partial charge in [-0.2, -0.15) is 0 Å². The molecule has 2 unspecified atom stereocenters. The first kappa shape index (κ1) is 11.7. The van der Waals surface area contributed by atoms with Crippen molar-refractivity contribution in [1.82, 2.24) is 4.90 Å². The van der Waals surface area contributed by atoms with Crippen molar-refractivity contribution >= 4 is 5.97 Å². The maximum atomic E-state index is 10.6. The first-order valence-electron chi connectivity index (χ1n) is 6.74. The third-order valence-electron chi connectivity index (χ3n) is 4.29. The van der Waals surface area contributed by atoms with E-state index >= 15 is 0 Å². The Bertz CT molecular complexity index is 440. The van der Waals surface area contributed by atoms with Crippen molar-refractivity contribution < 1.29 is 9.90 Å². The van der Waals surface area contributed by atoms with E-state index in [-0.39, 0.29) is 6.42 Å². The Balaban J connectivity index is 1.61. The average Bonchev–Trinajstić information content (AvgIpc) is 2.93. The summed E-state index contributed by atoms with van der Waals surface area (Å²) in [5.74, 6) is 0.167. The third-order valence-corrected chi connectivity index (χ3v) is 4.29. The van der Waals surface area contributed by atoms with E-state index in [0.29, 0.717) is 0 Å². The summed E-state index contributed by atoms with van der Waals surface area (Å²) in [6.07, 6.45) is 4.28. The van der Waals surface area contributed by atoms with Gasteiger partial charge in [-0.15, -0.1) is 0 Å². The molecule has 0 aromatic heterocycles. The topological polar surface area (TPSA) is 40.5 Å². The third kappa shape index (κ3) is 2.41. The number of rotatable bonds is 4. The van der Waals surface area contributed by atoms with Crippen molar-refractivity contribution in [2.45, 2.75) is 38.3 Å². The highest BCUT2D eigenvalue weighted by Crippen LogP contribution is 2.38. The molecular formula is C15H19NO2. The zero-order valence-electron chi connectivity index (χ0n) is 10.5. The lowest BCUT2D eigenvalue weighted by Gasteiger charge is -2.26. The van der Waals surface area contributed by atoms with Crippen LogP contribution in [0, 0.1) is 5.92 Å². The van der Waals surface area contributed by atoms with Gasteiger partial charge >= 0.3 is 5.97 Å². The highest BCUT2D eigenvalue weighted by atomic mass is 16.4. The van der Waals surface area contributed by atoms with Crippen molar-refractivity contribution in [3.63, 3.8) is 0 Å². The average molecular weight is 245 g/mol. The van der Waals surface area contributed by atoms with Gasteiger partial charge in [0.1, 0.15) is 0 Å². The van der Waals surface area contributed by atoms with Gasteiger partial charge < -0.3 is 5.11 Å². The summed E-state index contributed by atoms with van der Waals surface area (Å²) >= 11 is 0. The SMILES string of the molecule is O=C(O)Cc1ccc(CN2CC3CCC2C3)cc1. The van der Waals surface area contributed by atoms with Crippen molar-refractivity contribution in [2.75, 3.05) is 6.54 Å². The molecule has 96 valence electrons. The van der Waals surface area contributed by atoms with Crippen LogP contribution in [0.25, 0.3) is 0 Å². The molecule has 0 spiro atoms. The quantitative estimate of drug-likeness (QED) is 0.885. The van der Waals surface area contributed by atoms with Crippen molar-refractivity contribution in [1.29, 1.82) is 0 Å². The summed E-state index contributed by atoms with van der Waals surface area (Å²) in [6.45, 7) is 2.27. The number of hydrogen-bond acceptors (Lipinski definition) is 2. The second kappa shape index (κ2) is 4.73. The van der Waals surface area contributed by atoms with Crippen LogP contribution in [0.4, 0.5) is 0 Å². The van der Waals surface area contributed by atoms with E-state index in [1.165, 1.54) is 31.4 Å². The van der Waals surface area contributed by atoms with Crippen LogP contribution in [0.2, 0.25) is 0 Å². The maximum absolute atomic E-state index is 10.6. The lowest BCUT2D eigenvalue weighted by atomic mass is 10.1. The number of nitrogens with zero attached hydrogens (tertiary/aromatic N) is 1. The van der Waals surface area contributed by atoms with Gasteiger partial charge in [0, 0.05) is 19.1 Å². The number of benzene rings is 1. The van der Waals surface area contributed by atoms with Gasteiger partial charge in [-0.1, -0.05) is 24.3 Å². The number of aliphatic carboxylic acids is 1. The first-order chi connectivity index (χ1) is 8.70. The molecule has 1 heterocycles. The Morgan fingerprint density at radius 2 is 1.94 bits per heavy atom. The molecule has 3 nitrogen and oxygen atoms in total. The molecule has 1 N–H and O–H groups in total. The molecule has 2 aliphatic rings. The monoisotopic (exact) mass is 245 g/mol. The molecule has 1 aliphatic heterocycles. The van der Waals surface area contributed by atoms with E-state index in [1.807, 2.05) is 12.1 Å². The Morgan fingerprint density at radius 1 is 1.22 bits per heavy atom. The van der Waals surface area contributed by atoms with Crippen LogP contribution in [0.5, 0.6) is 0 Å². The zero-order chi connectivity index (χ0) is 12.5.